The number of amides is 2. The van der Waals surface area contributed by atoms with Crippen LogP contribution in [-0.4, -0.2) is 11.8 Å². The van der Waals surface area contributed by atoms with Crippen molar-refractivity contribution in [2.24, 2.45) is 0 Å². The maximum Gasteiger partial charge on any atom is 0.234 e. The Bertz CT molecular complexity index is 459. The SMILES string of the molecule is C=Cc1c(C2CCC(=O)NC2=O)coc1C. The molecule has 0 saturated carbocycles. The maximum absolute atomic E-state index is 11.7. The molecule has 1 fully saturated rings. The molecule has 1 aliphatic heterocycles. The molecule has 0 spiro atoms. The van der Waals surface area contributed by atoms with Gasteiger partial charge in [0.25, 0.3) is 0 Å². The Morgan fingerprint density at radius 1 is 1.56 bits per heavy atom. The molecule has 2 rings (SSSR count). The summed E-state index contributed by atoms with van der Waals surface area (Å²) in [7, 11) is 0. The van der Waals surface area contributed by atoms with E-state index >= 15 is 0 Å². The minimum absolute atomic E-state index is 0.207. The summed E-state index contributed by atoms with van der Waals surface area (Å²) in [5.74, 6) is -0.0142. The summed E-state index contributed by atoms with van der Waals surface area (Å²) in [5.41, 5.74) is 1.67. The van der Waals surface area contributed by atoms with E-state index in [1.54, 1.807) is 12.3 Å². The second kappa shape index (κ2) is 3.96. The summed E-state index contributed by atoms with van der Waals surface area (Å²) in [4.78, 5) is 22.7. The highest BCUT2D eigenvalue weighted by atomic mass is 16.3. The summed E-state index contributed by atoms with van der Waals surface area (Å²) >= 11 is 0. The topological polar surface area (TPSA) is 59.3 Å². The van der Waals surface area contributed by atoms with Crippen molar-refractivity contribution in [1.82, 2.24) is 5.32 Å². The normalized spacial score (nSPS) is 20.7. The second-order valence-electron chi connectivity index (χ2n) is 3.87. The number of nitrogens with one attached hydrogen (secondary N) is 1. The van der Waals surface area contributed by atoms with Crippen molar-refractivity contribution in [3.05, 3.63) is 29.7 Å². The van der Waals surface area contributed by atoms with Gasteiger partial charge in [0.05, 0.1) is 12.2 Å². The molecular weight excluding hydrogens is 206 g/mol. The molecule has 0 aromatic carbocycles. The number of piperidine rings is 1. The lowest BCUT2D eigenvalue weighted by atomic mass is 9.89. The van der Waals surface area contributed by atoms with Gasteiger partial charge in [-0.25, -0.2) is 0 Å². The van der Waals surface area contributed by atoms with Crippen LogP contribution < -0.4 is 5.32 Å². The van der Waals surface area contributed by atoms with Crippen LogP contribution in [-0.2, 0) is 9.59 Å². The van der Waals surface area contributed by atoms with E-state index < -0.39 is 0 Å². The van der Waals surface area contributed by atoms with Crippen LogP contribution >= 0.6 is 0 Å². The van der Waals surface area contributed by atoms with Crippen LogP contribution in [0.2, 0.25) is 0 Å². The third-order valence-corrected chi connectivity index (χ3v) is 2.87. The average molecular weight is 219 g/mol. The van der Waals surface area contributed by atoms with Gasteiger partial charge in [-0.05, 0) is 13.3 Å². The van der Waals surface area contributed by atoms with Crippen LogP contribution in [0, 0.1) is 6.92 Å². The van der Waals surface area contributed by atoms with Crippen molar-refractivity contribution >= 4 is 17.9 Å². The summed E-state index contributed by atoms with van der Waals surface area (Å²) in [6, 6.07) is 0. The van der Waals surface area contributed by atoms with Gasteiger partial charge in [-0.2, -0.15) is 0 Å². The fraction of sp³-hybridized carbons (Fsp3) is 0.333. The van der Waals surface area contributed by atoms with Crippen molar-refractivity contribution in [2.45, 2.75) is 25.7 Å². The van der Waals surface area contributed by atoms with Crippen LogP contribution in [0.15, 0.2) is 17.3 Å². The zero-order valence-electron chi connectivity index (χ0n) is 9.08. The monoisotopic (exact) mass is 219 g/mol. The van der Waals surface area contributed by atoms with E-state index in [2.05, 4.69) is 11.9 Å². The number of imide groups is 1. The van der Waals surface area contributed by atoms with Gasteiger partial charge >= 0.3 is 0 Å². The number of carbonyl (C=O) groups excluding carboxylic acids is 2. The number of hydrogen-bond acceptors (Lipinski definition) is 3. The maximum atomic E-state index is 11.7. The molecule has 1 aromatic rings. The van der Waals surface area contributed by atoms with E-state index in [1.807, 2.05) is 6.92 Å². The highest BCUT2D eigenvalue weighted by Gasteiger charge is 2.30. The molecule has 1 aromatic heterocycles. The van der Waals surface area contributed by atoms with Gasteiger partial charge < -0.3 is 4.42 Å². The van der Waals surface area contributed by atoms with Crippen molar-refractivity contribution in [3.8, 4) is 0 Å². The summed E-state index contributed by atoms with van der Waals surface area (Å²) in [6.07, 6.45) is 4.16. The molecule has 1 unspecified atom stereocenters. The van der Waals surface area contributed by atoms with E-state index in [-0.39, 0.29) is 17.7 Å². The number of furan rings is 1. The van der Waals surface area contributed by atoms with Crippen LogP contribution in [0.25, 0.3) is 6.08 Å². The molecule has 0 bridgehead atoms. The van der Waals surface area contributed by atoms with Crippen molar-refractivity contribution < 1.29 is 14.0 Å². The molecule has 1 N–H and O–H groups in total. The minimum atomic E-state index is -0.303. The molecule has 84 valence electrons. The lowest BCUT2D eigenvalue weighted by Gasteiger charge is -2.20. The molecule has 1 atom stereocenters. The standard InChI is InChI=1S/C12H13NO3/c1-3-8-7(2)16-6-10(8)9-4-5-11(14)13-12(9)15/h3,6,9H,1,4-5H2,2H3,(H,13,14,15). The molecule has 4 nitrogen and oxygen atoms in total. The smallest absolute Gasteiger partial charge is 0.234 e. The van der Waals surface area contributed by atoms with Crippen LogP contribution in [0.1, 0.15) is 35.6 Å². The Kier molecular flexibility index (Phi) is 2.64. The van der Waals surface area contributed by atoms with E-state index in [0.29, 0.717) is 12.8 Å². The van der Waals surface area contributed by atoms with Gasteiger partial charge in [0.2, 0.25) is 11.8 Å². The Balaban J connectivity index is 2.33. The molecule has 2 heterocycles. The lowest BCUT2D eigenvalue weighted by molar-refractivity contribution is -0.134. The van der Waals surface area contributed by atoms with Crippen molar-refractivity contribution in [3.63, 3.8) is 0 Å². The predicted molar refractivity (Wildman–Crippen MR) is 58.7 cm³/mol. The summed E-state index contributed by atoms with van der Waals surface area (Å²) < 4.78 is 5.28. The Morgan fingerprint density at radius 2 is 2.31 bits per heavy atom. The number of rotatable bonds is 2. The van der Waals surface area contributed by atoms with Crippen molar-refractivity contribution in [1.29, 1.82) is 0 Å². The number of carbonyl (C=O) groups is 2. The van der Waals surface area contributed by atoms with Gasteiger partial charge in [0, 0.05) is 17.5 Å². The lowest BCUT2D eigenvalue weighted by Crippen LogP contribution is -2.39. The fourth-order valence-electron chi connectivity index (χ4n) is 2.00. The van der Waals surface area contributed by atoms with Crippen LogP contribution in [0.4, 0.5) is 0 Å². The van der Waals surface area contributed by atoms with Gasteiger partial charge in [0.1, 0.15) is 5.76 Å². The summed E-state index contributed by atoms with van der Waals surface area (Å²) in [6.45, 7) is 5.53. The highest BCUT2D eigenvalue weighted by Crippen LogP contribution is 2.30. The van der Waals surface area contributed by atoms with Gasteiger partial charge in [-0.15, -0.1) is 0 Å². The third-order valence-electron chi connectivity index (χ3n) is 2.87. The predicted octanol–water partition coefficient (Wildman–Crippen LogP) is 1.75. The van der Waals surface area contributed by atoms with Crippen LogP contribution in [0.5, 0.6) is 0 Å². The molecule has 1 saturated heterocycles. The third kappa shape index (κ3) is 1.66. The minimum Gasteiger partial charge on any atom is -0.469 e. The van der Waals surface area contributed by atoms with Gasteiger partial charge in [-0.3, -0.25) is 14.9 Å². The van der Waals surface area contributed by atoms with E-state index in [4.69, 9.17) is 4.42 Å². The Morgan fingerprint density at radius 3 is 2.94 bits per heavy atom. The first kappa shape index (κ1) is 10.7. The van der Waals surface area contributed by atoms with E-state index in [0.717, 1.165) is 16.9 Å². The fourth-order valence-corrected chi connectivity index (χ4v) is 2.00. The van der Waals surface area contributed by atoms with Crippen LogP contribution in [0.3, 0.4) is 0 Å². The molecule has 16 heavy (non-hydrogen) atoms. The Labute approximate surface area is 93.3 Å². The molecule has 2 amide bonds. The van der Waals surface area contributed by atoms with E-state index in [1.165, 1.54) is 0 Å². The molecule has 0 radical (unpaired) electrons. The quantitative estimate of drug-likeness (QED) is 0.771. The van der Waals surface area contributed by atoms with Crippen molar-refractivity contribution in [2.75, 3.05) is 0 Å². The molecule has 0 aliphatic carbocycles. The summed E-state index contributed by atoms with van der Waals surface area (Å²) in [5, 5.41) is 2.33. The zero-order valence-corrected chi connectivity index (χ0v) is 9.08. The highest BCUT2D eigenvalue weighted by molar-refractivity contribution is 6.01. The van der Waals surface area contributed by atoms with Gasteiger partial charge in [0.15, 0.2) is 0 Å². The first-order valence-corrected chi connectivity index (χ1v) is 5.17. The first-order valence-electron chi connectivity index (χ1n) is 5.17. The largest absolute Gasteiger partial charge is 0.469 e. The number of hydrogen-bond donors (Lipinski definition) is 1. The van der Waals surface area contributed by atoms with Gasteiger partial charge in [-0.1, -0.05) is 12.7 Å². The second-order valence-corrected chi connectivity index (χ2v) is 3.87. The Hall–Kier alpha value is -1.84. The van der Waals surface area contributed by atoms with E-state index in [9.17, 15) is 9.59 Å². The first-order chi connectivity index (χ1) is 7.63. The number of aryl methyl sites for hydroxylation is 1. The molecular formula is C12H13NO3. The molecule has 1 aliphatic rings. The molecule has 4 heteroatoms. The average Bonchev–Trinajstić information content (AvgIpc) is 2.59. The zero-order chi connectivity index (χ0) is 11.7.